The Morgan fingerprint density at radius 1 is 1.21 bits per heavy atom. The highest BCUT2D eigenvalue weighted by Crippen LogP contribution is 2.28. The van der Waals surface area contributed by atoms with Crippen LogP contribution in [0.2, 0.25) is 0 Å². The first-order chi connectivity index (χ1) is 13.9. The molecular formula is C21H20BrN3O4. The van der Waals surface area contributed by atoms with Crippen LogP contribution in [0, 0.1) is 18.3 Å². The van der Waals surface area contributed by atoms with Crippen molar-refractivity contribution in [2.45, 2.75) is 6.92 Å². The molecule has 2 aromatic carbocycles. The van der Waals surface area contributed by atoms with Crippen molar-refractivity contribution in [2.75, 3.05) is 25.6 Å². The molecule has 2 rings (SSSR count). The van der Waals surface area contributed by atoms with Gasteiger partial charge in [-0.15, -0.1) is 0 Å². The fourth-order valence-corrected chi connectivity index (χ4v) is 2.85. The van der Waals surface area contributed by atoms with Crippen LogP contribution in [0.4, 0.5) is 5.69 Å². The summed E-state index contributed by atoms with van der Waals surface area (Å²) in [6.07, 6.45) is 2.91. The number of carbonyl (C=O) groups excluding carboxylic acids is 2. The lowest BCUT2D eigenvalue weighted by atomic mass is 10.2. The first-order valence-corrected chi connectivity index (χ1v) is 9.42. The molecule has 0 aliphatic rings. The van der Waals surface area contributed by atoms with Gasteiger partial charge in [-0.3, -0.25) is 9.59 Å². The van der Waals surface area contributed by atoms with E-state index in [1.165, 1.54) is 13.2 Å². The van der Waals surface area contributed by atoms with Gasteiger partial charge < -0.3 is 20.1 Å². The second-order valence-electron chi connectivity index (χ2n) is 5.92. The standard InChI is InChI=1S/C21H20BrN3O4/c1-14-11-16(22)5-6-17(14)25-21(27)13-24-20(26)8-4-15-3-7-18(29-10-9-23)19(12-15)28-2/h3-8,11-12H,10,13H2,1-2H3,(H,24,26)(H,25,27)/b8-4+. The number of nitriles is 1. The van der Waals surface area contributed by atoms with Gasteiger partial charge in [-0.25, -0.2) is 0 Å². The van der Waals surface area contributed by atoms with E-state index in [-0.39, 0.29) is 19.1 Å². The normalized spacial score (nSPS) is 10.3. The molecule has 150 valence electrons. The van der Waals surface area contributed by atoms with E-state index in [0.717, 1.165) is 10.0 Å². The number of hydrogen-bond donors (Lipinski definition) is 2. The summed E-state index contributed by atoms with van der Waals surface area (Å²) >= 11 is 3.37. The van der Waals surface area contributed by atoms with Gasteiger partial charge in [-0.1, -0.05) is 22.0 Å². The van der Waals surface area contributed by atoms with Crippen molar-refractivity contribution in [3.8, 4) is 17.6 Å². The van der Waals surface area contributed by atoms with Gasteiger partial charge >= 0.3 is 0 Å². The Hall–Kier alpha value is -3.31. The van der Waals surface area contributed by atoms with E-state index in [9.17, 15) is 9.59 Å². The molecule has 0 atom stereocenters. The van der Waals surface area contributed by atoms with E-state index < -0.39 is 5.91 Å². The number of nitrogens with one attached hydrogen (secondary N) is 2. The number of ether oxygens (including phenoxy) is 2. The minimum atomic E-state index is -0.406. The molecule has 8 heteroatoms. The minimum absolute atomic E-state index is 0.0875. The second kappa shape index (κ2) is 10.9. The first kappa shape index (κ1) is 22.0. The van der Waals surface area contributed by atoms with Gasteiger partial charge in [0.1, 0.15) is 6.07 Å². The summed E-state index contributed by atoms with van der Waals surface area (Å²) in [4.78, 5) is 24.0. The maximum absolute atomic E-state index is 12.0. The van der Waals surface area contributed by atoms with E-state index in [1.54, 1.807) is 30.3 Å². The molecular weight excluding hydrogens is 438 g/mol. The molecule has 2 amide bonds. The number of benzene rings is 2. The third-order valence-electron chi connectivity index (χ3n) is 3.79. The average molecular weight is 458 g/mol. The summed E-state index contributed by atoms with van der Waals surface area (Å²) in [5.74, 6) is 0.164. The number of halogens is 1. The topological polar surface area (TPSA) is 100 Å². The highest BCUT2D eigenvalue weighted by atomic mass is 79.9. The van der Waals surface area contributed by atoms with E-state index in [0.29, 0.717) is 22.7 Å². The van der Waals surface area contributed by atoms with Crippen LogP contribution in [0.5, 0.6) is 11.5 Å². The zero-order chi connectivity index (χ0) is 21.2. The van der Waals surface area contributed by atoms with Crippen molar-refractivity contribution in [1.82, 2.24) is 5.32 Å². The van der Waals surface area contributed by atoms with Crippen LogP contribution in [0.25, 0.3) is 6.08 Å². The van der Waals surface area contributed by atoms with Gasteiger partial charge in [0.2, 0.25) is 11.8 Å². The minimum Gasteiger partial charge on any atom is -0.493 e. The summed E-state index contributed by atoms with van der Waals surface area (Å²) in [5.41, 5.74) is 2.31. The van der Waals surface area contributed by atoms with Crippen molar-refractivity contribution < 1.29 is 19.1 Å². The molecule has 0 aliphatic heterocycles. The zero-order valence-corrected chi connectivity index (χ0v) is 17.6. The molecule has 7 nitrogen and oxygen atoms in total. The Kier molecular flexibility index (Phi) is 8.25. The molecule has 0 fully saturated rings. The Morgan fingerprint density at radius 3 is 2.69 bits per heavy atom. The SMILES string of the molecule is COc1cc(/C=C/C(=O)NCC(=O)Nc2ccc(Br)cc2C)ccc1OCC#N. The monoisotopic (exact) mass is 457 g/mol. The Labute approximate surface area is 177 Å². The predicted octanol–water partition coefficient (Wildman–Crippen LogP) is 3.44. The lowest BCUT2D eigenvalue weighted by Gasteiger charge is -2.09. The van der Waals surface area contributed by atoms with E-state index in [2.05, 4.69) is 26.6 Å². The number of amides is 2. The van der Waals surface area contributed by atoms with Gasteiger partial charge in [0.25, 0.3) is 0 Å². The molecule has 2 N–H and O–H groups in total. The summed E-state index contributed by atoms with van der Waals surface area (Å²) in [5, 5.41) is 13.9. The molecule has 0 spiro atoms. The molecule has 0 aliphatic carbocycles. The van der Waals surface area contributed by atoms with Crippen LogP contribution >= 0.6 is 15.9 Å². The quantitative estimate of drug-likeness (QED) is 0.591. The van der Waals surface area contributed by atoms with Crippen LogP contribution in [0.3, 0.4) is 0 Å². The lowest BCUT2D eigenvalue weighted by molar-refractivity contribution is -0.121. The molecule has 0 saturated heterocycles. The molecule has 0 unspecified atom stereocenters. The van der Waals surface area contributed by atoms with Crippen molar-refractivity contribution in [3.63, 3.8) is 0 Å². The molecule has 2 aromatic rings. The van der Waals surface area contributed by atoms with Crippen molar-refractivity contribution >= 4 is 39.5 Å². The smallest absolute Gasteiger partial charge is 0.244 e. The van der Waals surface area contributed by atoms with Gasteiger partial charge in [-0.05, 0) is 54.5 Å². The molecule has 0 heterocycles. The predicted molar refractivity (Wildman–Crippen MR) is 114 cm³/mol. The number of hydrogen-bond acceptors (Lipinski definition) is 5. The van der Waals surface area contributed by atoms with Crippen molar-refractivity contribution in [3.05, 3.63) is 58.1 Å². The van der Waals surface area contributed by atoms with Gasteiger partial charge in [0, 0.05) is 16.2 Å². The number of anilines is 1. The molecule has 0 bridgehead atoms. The van der Waals surface area contributed by atoms with Gasteiger partial charge in [-0.2, -0.15) is 5.26 Å². The summed E-state index contributed by atoms with van der Waals surface area (Å²) in [6.45, 7) is 1.64. The number of carbonyl (C=O) groups is 2. The number of methoxy groups -OCH3 is 1. The number of nitrogens with zero attached hydrogens (tertiary/aromatic N) is 1. The summed E-state index contributed by atoms with van der Waals surface area (Å²) < 4.78 is 11.4. The Balaban J connectivity index is 1.89. The Morgan fingerprint density at radius 2 is 2.00 bits per heavy atom. The van der Waals surface area contributed by atoms with Crippen LogP contribution in [-0.2, 0) is 9.59 Å². The van der Waals surface area contributed by atoms with Crippen LogP contribution < -0.4 is 20.1 Å². The molecule has 0 saturated carbocycles. The number of rotatable bonds is 8. The highest BCUT2D eigenvalue weighted by Gasteiger charge is 2.07. The summed E-state index contributed by atoms with van der Waals surface area (Å²) in [6, 6.07) is 12.5. The average Bonchev–Trinajstić information content (AvgIpc) is 2.71. The van der Waals surface area contributed by atoms with Crippen LogP contribution in [0.1, 0.15) is 11.1 Å². The van der Waals surface area contributed by atoms with E-state index in [4.69, 9.17) is 14.7 Å². The summed E-state index contributed by atoms with van der Waals surface area (Å²) in [7, 11) is 1.49. The van der Waals surface area contributed by atoms with Crippen molar-refractivity contribution in [1.29, 1.82) is 5.26 Å². The maximum atomic E-state index is 12.0. The van der Waals surface area contributed by atoms with Crippen LogP contribution in [-0.4, -0.2) is 32.1 Å². The highest BCUT2D eigenvalue weighted by molar-refractivity contribution is 9.10. The fourth-order valence-electron chi connectivity index (χ4n) is 2.38. The molecule has 0 aromatic heterocycles. The largest absolute Gasteiger partial charge is 0.493 e. The number of aryl methyl sites for hydroxylation is 1. The third-order valence-corrected chi connectivity index (χ3v) is 4.29. The maximum Gasteiger partial charge on any atom is 0.244 e. The van der Waals surface area contributed by atoms with E-state index in [1.807, 2.05) is 25.1 Å². The van der Waals surface area contributed by atoms with Crippen LogP contribution in [0.15, 0.2) is 46.9 Å². The second-order valence-corrected chi connectivity index (χ2v) is 6.83. The fraction of sp³-hybridized carbons (Fsp3) is 0.190. The van der Waals surface area contributed by atoms with Gasteiger partial charge in [0.05, 0.1) is 13.7 Å². The Bertz CT molecular complexity index is 967. The van der Waals surface area contributed by atoms with Gasteiger partial charge in [0.15, 0.2) is 18.1 Å². The lowest BCUT2D eigenvalue weighted by Crippen LogP contribution is -2.31. The first-order valence-electron chi connectivity index (χ1n) is 8.62. The molecule has 0 radical (unpaired) electrons. The van der Waals surface area contributed by atoms with E-state index >= 15 is 0 Å². The van der Waals surface area contributed by atoms with Crippen molar-refractivity contribution in [2.24, 2.45) is 0 Å². The third kappa shape index (κ3) is 6.97. The molecule has 29 heavy (non-hydrogen) atoms. The zero-order valence-electron chi connectivity index (χ0n) is 16.0.